The van der Waals surface area contributed by atoms with E-state index in [0.717, 1.165) is 11.1 Å². The van der Waals surface area contributed by atoms with Gasteiger partial charge in [-0.25, -0.2) is 4.98 Å². The Morgan fingerprint density at radius 1 is 1.33 bits per heavy atom. The van der Waals surface area contributed by atoms with Gasteiger partial charge in [0.05, 0.1) is 12.3 Å². The molecule has 0 atom stereocenters. The van der Waals surface area contributed by atoms with Crippen molar-refractivity contribution < 1.29 is 5.11 Å². The van der Waals surface area contributed by atoms with E-state index in [1.54, 1.807) is 0 Å². The van der Waals surface area contributed by atoms with Crippen LogP contribution >= 0.6 is 0 Å². The zero-order chi connectivity index (χ0) is 13.0. The lowest BCUT2D eigenvalue weighted by Crippen LogP contribution is -2.15. The van der Waals surface area contributed by atoms with Gasteiger partial charge in [-0.15, -0.1) is 0 Å². The molecular weight excluding hydrogens is 230 g/mol. The fraction of sp³-hybridized carbons (Fsp3) is 0.231. The minimum absolute atomic E-state index is 0.0154. The third-order valence-corrected chi connectivity index (χ3v) is 2.49. The third-order valence-electron chi connectivity index (χ3n) is 2.49. The molecule has 0 bridgehead atoms. The molecule has 94 valence electrons. The summed E-state index contributed by atoms with van der Waals surface area (Å²) in [5, 5.41) is 11.6. The van der Waals surface area contributed by atoms with E-state index >= 15 is 0 Å². The van der Waals surface area contributed by atoms with E-state index in [1.807, 2.05) is 31.2 Å². The van der Waals surface area contributed by atoms with Crippen molar-refractivity contribution >= 4 is 5.95 Å². The molecule has 0 unspecified atom stereocenters. The quantitative estimate of drug-likeness (QED) is 0.755. The summed E-state index contributed by atoms with van der Waals surface area (Å²) in [6.07, 6.45) is 0. The summed E-state index contributed by atoms with van der Waals surface area (Å²) in [6, 6.07) is 9.24. The summed E-state index contributed by atoms with van der Waals surface area (Å²) in [6.45, 7) is 2.34. The number of hydrogen-bond acceptors (Lipinski definition) is 4. The van der Waals surface area contributed by atoms with Crippen molar-refractivity contribution in [3.05, 3.63) is 46.2 Å². The van der Waals surface area contributed by atoms with Gasteiger partial charge >= 0.3 is 0 Å². The fourth-order valence-corrected chi connectivity index (χ4v) is 1.59. The van der Waals surface area contributed by atoms with Crippen LogP contribution in [0, 0.1) is 6.92 Å². The number of benzene rings is 1. The van der Waals surface area contributed by atoms with Crippen LogP contribution in [0.5, 0.6) is 0 Å². The van der Waals surface area contributed by atoms with Crippen molar-refractivity contribution in [2.45, 2.75) is 6.92 Å². The van der Waals surface area contributed by atoms with Crippen LogP contribution in [0.4, 0.5) is 5.95 Å². The first-order valence-electron chi connectivity index (χ1n) is 5.72. The van der Waals surface area contributed by atoms with E-state index in [2.05, 4.69) is 15.3 Å². The van der Waals surface area contributed by atoms with E-state index in [1.165, 1.54) is 6.07 Å². The second kappa shape index (κ2) is 5.46. The average molecular weight is 245 g/mol. The normalized spacial score (nSPS) is 10.3. The molecule has 2 aromatic rings. The van der Waals surface area contributed by atoms with Crippen molar-refractivity contribution in [3.63, 3.8) is 0 Å². The van der Waals surface area contributed by atoms with E-state index < -0.39 is 0 Å². The molecule has 0 radical (unpaired) electrons. The molecule has 2 rings (SSSR count). The lowest BCUT2D eigenvalue weighted by atomic mass is 10.1. The van der Waals surface area contributed by atoms with Gasteiger partial charge < -0.3 is 10.4 Å². The van der Waals surface area contributed by atoms with Gasteiger partial charge in [0.1, 0.15) is 0 Å². The molecule has 0 saturated carbocycles. The second-order valence-electron chi connectivity index (χ2n) is 4.00. The van der Waals surface area contributed by atoms with Crippen molar-refractivity contribution in [2.75, 3.05) is 18.5 Å². The number of aryl methyl sites for hydroxylation is 1. The lowest BCUT2D eigenvalue weighted by Gasteiger charge is -2.06. The molecule has 0 saturated heterocycles. The van der Waals surface area contributed by atoms with Gasteiger partial charge in [-0.1, -0.05) is 29.8 Å². The van der Waals surface area contributed by atoms with Crippen molar-refractivity contribution in [1.82, 2.24) is 9.97 Å². The molecule has 3 N–H and O–H groups in total. The maximum atomic E-state index is 11.5. The third kappa shape index (κ3) is 2.95. The highest BCUT2D eigenvalue weighted by Gasteiger charge is 2.03. The molecule has 1 aromatic carbocycles. The summed E-state index contributed by atoms with van der Waals surface area (Å²) in [5.41, 5.74) is 2.43. The molecule has 0 amide bonds. The number of anilines is 1. The van der Waals surface area contributed by atoms with Gasteiger partial charge in [0, 0.05) is 18.2 Å². The molecule has 1 aromatic heterocycles. The first-order valence-corrected chi connectivity index (χ1v) is 5.72. The number of nitrogens with one attached hydrogen (secondary N) is 2. The number of H-pyrrole nitrogens is 1. The Morgan fingerprint density at radius 2 is 2.06 bits per heavy atom. The lowest BCUT2D eigenvalue weighted by molar-refractivity contribution is 0.311. The largest absolute Gasteiger partial charge is 0.395 e. The first-order chi connectivity index (χ1) is 8.69. The molecular formula is C13H15N3O2. The summed E-state index contributed by atoms with van der Waals surface area (Å²) in [7, 11) is 0. The van der Waals surface area contributed by atoms with Crippen LogP contribution in [0.1, 0.15) is 5.56 Å². The van der Waals surface area contributed by atoms with E-state index in [0.29, 0.717) is 18.2 Å². The highest BCUT2D eigenvalue weighted by molar-refractivity contribution is 5.60. The Balaban J connectivity index is 2.35. The number of aromatic amines is 1. The van der Waals surface area contributed by atoms with Gasteiger partial charge in [-0.3, -0.25) is 9.78 Å². The molecule has 0 aliphatic rings. The van der Waals surface area contributed by atoms with Gasteiger partial charge in [0.15, 0.2) is 0 Å². The predicted molar refractivity (Wildman–Crippen MR) is 70.6 cm³/mol. The van der Waals surface area contributed by atoms with Gasteiger partial charge in [-0.2, -0.15) is 0 Å². The summed E-state index contributed by atoms with van der Waals surface area (Å²) >= 11 is 0. The molecule has 5 heteroatoms. The smallest absolute Gasteiger partial charge is 0.252 e. The summed E-state index contributed by atoms with van der Waals surface area (Å²) < 4.78 is 0. The molecule has 5 nitrogen and oxygen atoms in total. The molecule has 0 fully saturated rings. The second-order valence-corrected chi connectivity index (χ2v) is 4.00. The number of nitrogens with zero attached hydrogens (tertiary/aromatic N) is 1. The number of hydrogen-bond donors (Lipinski definition) is 3. The Kier molecular flexibility index (Phi) is 3.74. The van der Waals surface area contributed by atoms with Crippen LogP contribution in [-0.4, -0.2) is 28.2 Å². The van der Waals surface area contributed by atoms with Gasteiger partial charge in [0.25, 0.3) is 5.56 Å². The monoisotopic (exact) mass is 245 g/mol. The number of aliphatic hydroxyl groups is 1. The highest BCUT2D eigenvalue weighted by Crippen LogP contribution is 2.16. The van der Waals surface area contributed by atoms with Crippen LogP contribution in [0.2, 0.25) is 0 Å². The van der Waals surface area contributed by atoms with E-state index in [9.17, 15) is 4.79 Å². The number of rotatable bonds is 4. The van der Waals surface area contributed by atoms with E-state index in [4.69, 9.17) is 5.11 Å². The van der Waals surface area contributed by atoms with Crippen LogP contribution in [-0.2, 0) is 0 Å². The minimum atomic E-state index is -0.221. The standard InChI is InChI=1S/C13H15N3O2/c1-9-2-4-10(5-3-9)11-8-12(18)16-13(15-11)14-6-7-17/h2-5,8,17H,6-7H2,1H3,(H2,14,15,16,18). The van der Waals surface area contributed by atoms with Crippen molar-refractivity contribution in [3.8, 4) is 11.3 Å². The van der Waals surface area contributed by atoms with Crippen LogP contribution in [0.3, 0.4) is 0 Å². The Morgan fingerprint density at radius 3 is 2.72 bits per heavy atom. The van der Waals surface area contributed by atoms with Gasteiger partial charge in [-0.05, 0) is 6.92 Å². The summed E-state index contributed by atoms with van der Waals surface area (Å²) in [5.74, 6) is 0.368. The van der Waals surface area contributed by atoms with Crippen LogP contribution in [0.25, 0.3) is 11.3 Å². The van der Waals surface area contributed by atoms with E-state index in [-0.39, 0.29) is 12.2 Å². The first kappa shape index (κ1) is 12.3. The van der Waals surface area contributed by atoms with Crippen LogP contribution < -0.4 is 10.9 Å². The van der Waals surface area contributed by atoms with Crippen molar-refractivity contribution in [2.24, 2.45) is 0 Å². The maximum Gasteiger partial charge on any atom is 0.252 e. The van der Waals surface area contributed by atoms with Crippen molar-refractivity contribution in [1.29, 1.82) is 0 Å². The van der Waals surface area contributed by atoms with Crippen LogP contribution in [0.15, 0.2) is 35.1 Å². The zero-order valence-electron chi connectivity index (χ0n) is 10.1. The molecule has 1 heterocycles. The SMILES string of the molecule is Cc1ccc(-c2cc(=O)[nH]c(NCCO)n2)cc1. The predicted octanol–water partition coefficient (Wildman–Crippen LogP) is 1.15. The minimum Gasteiger partial charge on any atom is -0.395 e. The number of aromatic nitrogens is 2. The number of aliphatic hydroxyl groups excluding tert-OH is 1. The Hall–Kier alpha value is -2.14. The average Bonchev–Trinajstić information content (AvgIpc) is 2.36. The maximum absolute atomic E-state index is 11.5. The fourth-order valence-electron chi connectivity index (χ4n) is 1.59. The topological polar surface area (TPSA) is 78.0 Å². The van der Waals surface area contributed by atoms with Gasteiger partial charge in [0.2, 0.25) is 5.95 Å². The Labute approximate surface area is 105 Å². The highest BCUT2D eigenvalue weighted by atomic mass is 16.3. The zero-order valence-corrected chi connectivity index (χ0v) is 10.1. The molecule has 18 heavy (non-hydrogen) atoms. The summed E-state index contributed by atoms with van der Waals surface area (Å²) in [4.78, 5) is 18.4. The molecule has 0 spiro atoms. The molecule has 0 aliphatic carbocycles. The molecule has 0 aliphatic heterocycles. The Bertz CT molecular complexity index is 576.